The summed E-state index contributed by atoms with van der Waals surface area (Å²) in [5.74, 6) is 0.0835. The predicted molar refractivity (Wildman–Crippen MR) is 101 cm³/mol. The number of benzene rings is 2. The molecule has 1 aliphatic rings. The number of rotatable bonds is 3. The first kappa shape index (κ1) is 16.8. The van der Waals surface area contributed by atoms with Crippen LogP contribution in [-0.2, 0) is 10.2 Å². The smallest absolute Gasteiger partial charge is 0.197 e. The standard InChI is InChI=1S/C23H22O3/c1-22(2)11-20(24)23(3,14-22)19-13-26-12-18(19)21(25)17-10-6-8-15-7-4-5-9-16(15)17/h4-10,12-13H,11,14H2,1-3H3. The van der Waals surface area contributed by atoms with Gasteiger partial charge in [0.2, 0.25) is 0 Å². The van der Waals surface area contributed by atoms with Gasteiger partial charge in [0.05, 0.1) is 17.2 Å². The van der Waals surface area contributed by atoms with E-state index in [-0.39, 0.29) is 17.0 Å². The van der Waals surface area contributed by atoms with Crippen molar-refractivity contribution >= 4 is 22.3 Å². The van der Waals surface area contributed by atoms with E-state index in [0.717, 1.165) is 10.8 Å². The highest BCUT2D eigenvalue weighted by Crippen LogP contribution is 2.49. The SMILES string of the molecule is CC1(C)CC(=O)C(C)(c2cocc2C(=O)c2cccc3ccccc23)C1. The van der Waals surface area contributed by atoms with Crippen molar-refractivity contribution in [3.8, 4) is 0 Å². The molecule has 1 atom stereocenters. The number of fused-ring (bicyclic) bond motifs is 1. The van der Waals surface area contributed by atoms with E-state index in [2.05, 4.69) is 13.8 Å². The molecule has 3 aromatic rings. The Morgan fingerprint density at radius 1 is 0.962 bits per heavy atom. The fourth-order valence-corrected chi connectivity index (χ4v) is 4.46. The molecule has 2 aromatic carbocycles. The van der Waals surface area contributed by atoms with Crippen molar-refractivity contribution in [3.05, 3.63) is 71.7 Å². The van der Waals surface area contributed by atoms with Crippen LogP contribution < -0.4 is 0 Å². The largest absolute Gasteiger partial charge is 0.472 e. The maximum Gasteiger partial charge on any atom is 0.197 e. The number of furan rings is 1. The molecule has 1 saturated carbocycles. The monoisotopic (exact) mass is 346 g/mol. The number of Topliss-reactive ketones (excluding diaryl/α,β-unsaturated/α-hetero) is 1. The van der Waals surface area contributed by atoms with E-state index < -0.39 is 5.41 Å². The van der Waals surface area contributed by atoms with Crippen LogP contribution in [0.4, 0.5) is 0 Å². The van der Waals surface area contributed by atoms with Crippen LogP contribution in [0.1, 0.15) is 55.1 Å². The van der Waals surface area contributed by atoms with Crippen molar-refractivity contribution in [2.45, 2.75) is 39.0 Å². The molecule has 4 rings (SSSR count). The molecule has 0 bridgehead atoms. The van der Waals surface area contributed by atoms with E-state index in [1.807, 2.05) is 49.4 Å². The van der Waals surface area contributed by atoms with Gasteiger partial charge in [0.1, 0.15) is 12.0 Å². The average molecular weight is 346 g/mol. The van der Waals surface area contributed by atoms with Gasteiger partial charge < -0.3 is 4.42 Å². The molecule has 0 radical (unpaired) electrons. The maximum atomic E-state index is 13.3. The average Bonchev–Trinajstić information content (AvgIpc) is 3.17. The van der Waals surface area contributed by atoms with E-state index >= 15 is 0 Å². The first-order chi connectivity index (χ1) is 12.3. The Kier molecular flexibility index (Phi) is 3.65. The van der Waals surface area contributed by atoms with Crippen LogP contribution >= 0.6 is 0 Å². The van der Waals surface area contributed by atoms with Crippen LogP contribution in [0.25, 0.3) is 10.8 Å². The molecule has 26 heavy (non-hydrogen) atoms. The van der Waals surface area contributed by atoms with Crippen molar-refractivity contribution in [2.24, 2.45) is 5.41 Å². The summed E-state index contributed by atoms with van der Waals surface area (Å²) in [6.45, 7) is 6.14. The number of carbonyl (C=O) groups excluding carboxylic acids is 2. The third kappa shape index (κ3) is 2.50. The van der Waals surface area contributed by atoms with Gasteiger partial charge in [-0.15, -0.1) is 0 Å². The second kappa shape index (κ2) is 5.66. The Bertz CT molecular complexity index is 1020. The van der Waals surface area contributed by atoms with Gasteiger partial charge in [0.15, 0.2) is 5.78 Å². The van der Waals surface area contributed by atoms with Crippen LogP contribution in [0.3, 0.4) is 0 Å². The molecule has 1 fully saturated rings. The van der Waals surface area contributed by atoms with Gasteiger partial charge in [-0.3, -0.25) is 9.59 Å². The molecule has 1 aromatic heterocycles. The van der Waals surface area contributed by atoms with Gasteiger partial charge in [0, 0.05) is 17.5 Å². The molecule has 3 heteroatoms. The van der Waals surface area contributed by atoms with Crippen LogP contribution in [0.15, 0.2) is 59.4 Å². The maximum absolute atomic E-state index is 13.3. The predicted octanol–water partition coefficient (Wildman–Crippen LogP) is 5.31. The van der Waals surface area contributed by atoms with E-state index in [1.165, 1.54) is 6.26 Å². The Hall–Kier alpha value is -2.68. The summed E-state index contributed by atoms with van der Waals surface area (Å²) in [5.41, 5.74) is 1.11. The van der Waals surface area contributed by atoms with Crippen molar-refractivity contribution in [3.63, 3.8) is 0 Å². The summed E-state index contributed by atoms with van der Waals surface area (Å²) in [5, 5.41) is 1.93. The Balaban J connectivity index is 1.83. The Labute approximate surface area is 153 Å². The molecule has 0 spiro atoms. The first-order valence-electron chi connectivity index (χ1n) is 8.94. The Morgan fingerprint density at radius 3 is 2.42 bits per heavy atom. The van der Waals surface area contributed by atoms with E-state index in [4.69, 9.17) is 4.42 Å². The van der Waals surface area contributed by atoms with Crippen molar-refractivity contribution < 1.29 is 14.0 Å². The van der Waals surface area contributed by atoms with Gasteiger partial charge in [-0.2, -0.15) is 0 Å². The highest BCUT2D eigenvalue weighted by atomic mass is 16.3. The molecule has 1 aliphatic carbocycles. The van der Waals surface area contributed by atoms with Gasteiger partial charge in [0.25, 0.3) is 0 Å². The summed E-state index contributed by atoms with van der Waals surface area (Å²) < 4.78 is 5.42. The fraction of sp³-hybridized carbons (Fsp3) is 0.304. The zero-order valence-electron chi connectivity index (χ0n) is 15.3. The molecule has 0 amide bonds. The zero-order chi connectivity index (χ0) is 18.5. The lowest BCUT2D eigenvalue weighted by Crippen LogP contribution is -2.28. The third-order valence-corrected chi connectivity index (χ3v) is 5.62. The minimum absolute atomic E-state index is 0.0666. The lowest BCUT2D eigenvalue weighted by atomic mass is 9.76. The second-order valence-corrected chi connectivity index (χ2v) is 8.33. The molecule has 132 valence electrons. The highest BCUT2D eigenvalue weighted by Gasteiger charge is 2.50. The fourth-order valence-electron chi connectivity index (χ4n) is 4.46. The quantitative estimate of drug-likeness (QED) is 0.604. The third-order valence-electron chi connectivity index (χ3n) is 5.62. The Morgan fingerprint density at radius 2 is 1.69 bits per heavy atom. The normalized spacial score (nSPS) is 22.0. The molecule has 3 nitrogen and oxygen atoms in total. The highest BCUT2D eigenvalue weighted by molar-refractivity contribution is 6.17. The summed E-state index contributed by atoms with van der Waals surface area (Å²) >= 11 is 0. The van der Waals surface area contributed by atoms with Crippen LogP contribution in [0.2, 0.25) is 0 Å². The minimum Gasteiger partial charge on any atom is -0.472 e. The summed E-state index contributed by atoms with van der Waals surface area (Å²) in [6.07, 6.45) is 4.31. The van der Waals surface area contributed by atoms with Crippen molar-refractivity contribution in [2.75, 3.05) is 0 Å². The molecule has 1 heterocycles. The minimum atomic E-state index is -0.675. The molecular weight excluding hydrogens is 324 g/mol. The molecular formula is C23H22O3. The topological polar surface area (TPSA) is 47.3 Å². The molecule has 0 aliphatic heterocycles. The van der Waals surface area contributed by atoms with Crippen LogP contribution in [0, 0.1) is 5.41 Å². The molecule has 1 unspecified atom stereocenters. The summed E-state index contributed by atoms with van der Waals surface area (Å²) in [6, 6.07) is 13.6. The number of hydrogen-bond acceptors (Lipinski definition) is 3. The van der Waals surface area contributed by atoms with E-state index in [1.54, 1.807) is 6.26 Å². The van der Waals surface area contributed by atoms with Crippen molar-refractivity contribution in [1.82, 2.24) is 0 Å². The second-order valence-electron chi connectivity index (χ2n) is 8.33. The zero-order valence-corrected chi connectivity index (χ0v) is 15.3. The van der Waals surface area contributed by atoms with Crippen LogP contribution in [0.5, 0.6) is 0 Å². The van der Waals surface area contributed by atoms with Crippen molar-refractivity contribution in [1.29, 1.82) is 0 Å². The number of hydrogen-bond donors (Lipinski definition) is 0. The molecule has 0 N–H and O–H groups in total. The van der Waals surface area contributed by atoms with Gasteiger partial charge >= 0.3 is 0 Å². The first-order valence-corrected chi connectivity index (χ1v) is 8.94. The number of ketones is 2. The van der Waals surface area contributed by atoms with Crippen LogP contribution in [-0.4, -0.2) is 11.6 Å². The lowest BCUT2D eigenvalue weighted by molar-refractivity contribution is -0.121. The van der Waals surface area contributed by atoms with Gasteiger partial charge in [-0.1, -0.05) is 56.3 Å². The summed E-state index contributed by atoms with van der Waals surface area (Å²) in [4.78, 5) is 26.1. The van der Waals surface area contributed by atoms with E-state index in [0.29, 0.717) is 29.5 Å². The van der Waals surface area contributed by atoms with Gasteiger partial charge in [-0.05, 0) is 29.5 Å². The molecule has 0 saturated heterocycles. The number of carbonyl (C=O) groups is 2. The summed E-state index contributed by atoms with van der Waals surface area (Å²) in [7, 11) is 0. The lowest BCUT2D eigenvalue weighted by Gasteiger charge is -2.24. The van der Waals surface area contributed by atoms with Gasteiger partial charge in [-0.25, -0.2) is 0 Å². The van der Waals surface area contributed by atoms with E-state index in [9.17, 15) is 9.59 Å².